The third-order valence-corrected chi connectivity index (χ3v) is 3.49. The molecule has 1 heterocycles. The number of aliphatic hydroxyl groups is 1. The Bertz CT molecular complexity index is 616. The quantitative estimate of drug-likeness (QED) is 0.817. The molecule has 0 aliphatic rings. The molecule has 0 radical (unpaired) electrons. The molecule has 1 aromatic carbocycles. The van der Waals surface area contributed by atoms with Gasteiger partial charge in [0, 0.05) is 24.3 Å². The van der Waals surface area contributed by atoms with E-state index in [4.69, 9.17) is 9.47 Å². The maximum absolute atomic E-state index is 12.2. The number of anilines is 1. The summed E-state index contributed by atoms with van der Waals surface area (Å²) in [5.41, 5.74) is 1.01. The Kier molecular flexibility index (Phi) is 5.88. The lowest BCUT2D eigenvalue weighted by atomic mass is 10.1. The first kappa shape index (κ1) is 16.4. The molecule has 1 aromatic heterocycles. The minimum Gasteiger partial charge on any atom is -0.488 e. The van der Waals surface area contributed by atoms with Crippen molar-refractivity contribution in [1.29, 1.82) is 0 Å². The molecule has 22 heavy (non-hydrogen) atoms. The van der Waals surface area contributed by atoms with Crippen LogP contribution in [0.25, 0.3) is 0 Å². The van der Waals surface area contributed by atoms with Gasteiger partial charge in [-0.1, -0.05) is 0 Å². The molecule has 0 fully saturated rings. The fraction of sp³-hybridized carbons (Fsp3) is 0.333. The zero-order valence-corrected chi connectivity index (χ0v) is 13.2. The van der Waals surface area contributed by atoms with Crippen LogP contribution >= 0.6 is 11.3 Å². The van der Waals surface area contributed by atoms with Gasteiger partial charge in [0.25, 0.3) is 5.91 Å². The topological polar surface area (TPSA) is 80.7 Å². The van der Waals surface area contributed by atoms with Crippen LogP contribution < -0.4 is 10.1 Å². The molecular weight excluding hydrogens is 304 g/mol. The number of ether oxygens (including phenoxy) is 2. The number of carbonyl (C=O) groups is 1. The molecule has 7 heteroatoms. The van der Waals surface area contributed by atoms with Crippen LogP contribution in [-0.2, 0) is 11.3 Å². The second kappa shape index (κ2) is 7.88. The summed E-state index contributed by atoms with van der Waals surface area (Å²) in [7, 11) is 1.59. The zero-order chi connectivity index (χ0) is 15.9. The number of rotatable bonds is 7. The number of nitrogens with zero attached hydrogens (tertiary/aromatic N) is 1. The molecular formula is C15H18N2O4S. The standard InChI is InChI=1S/C15H18N2O4S/c1-10(9-20-2)21-13-6-11(8-18)5-12(7-13)14(19)17-15-16-3-4-22-15/h3-7,10,18H,8-9H2,1-2H3,(H,16,17,19)/t10-/m0/s1. The monoisotopic (exact) mass is 322 g/mol. The molecule has 0 aliphatic carbocycles. The van der Waals surface area contributed by atoms with Crippen molar-refractivity contribution in [2.45, 2.75) is 19.6 Å². The van der Waals surface area contributed by atoms with Crippen LogP contribution in [0.5, 0.6) is 5.75 Å². The molecule has 1 atom stereocenters. The first-order valence-electron chi connectivity index (χ1n) is 6.73. The van der Waals surface area contributed by atoms with Crippen LogP contribution in [0.3, 0.4) is 0 Å². The minimum atomic E-state index is -0.297. The third kappa shape index (κ3) is 4.52. The van der Waals surface area contributed by atoms with Crippen molar-refractivity contribution in [1.82, 2.24) is 4.98 Å². The van der Waals surface area contributed by atoms with Gasteiger partial charge >= 0.3 is 0 Å². The fourth-order valence-electron chi connectivity index (χ4n) is 1.91. The number of carbonyl (C=O) groups excluding carboxylic acids is 1. The molecule has 0 unspecified atom stereocenters. The Labute approximate surface area is 132 Å². The van der Waals surface area contributed by atoms with Gasteiger partial charge in [0.05, 0.1) is 13.2 Å². The van der Waals surface area contributed by atoms with E-state index in [9.17, 15) is 9.90 Å². The van der Waals surface area contributed by atoms with Crippen molar-refractivity contribution >= 4 is 22.4 Å². The van der Waals surface area contributed by atoms with Gasteiger partial charge in [-0.15, -0.1) is 11.3 Å². The molecule has 0 spiro atoms. The highest BCUT2D eigenvalue weighted by molar-refractivity contribution is 7.13. The van der Waals surface area contributed by atoms with Crippen molar-refractivity contribution in [3.05, 3.63) is 40.9 Å². The molecule has 0 saturated carbocycles. The van der Waals surface area contributed by atoms with Gasteiger partial charge in [-0.05, 0) is 30.7 Å². The predicted octanol–water partition coefficient (Wildman–Crippen LogP) is 2.30. The lowest BCUT2D eigenvalue weighted by Crippen LogP contribution is -2.19. The van der Waals surface area contributed by atoms with Crippen LogP contribution in [0.4, 0.5) is 5.13 Å². The number of aromatic nitrogens is 1. The lowest BCUT2D eigenvalue weighted by molar-refractivity contribution is 0.0915. The van der Waals surface area contributed by atoms with Gasteiger partial charge in [0.1, 0.15) is 11.9 Å². The Morgan fingerprint density at radius 3 is 2.91 bits per heavy atom. The molecule has 0 aliphatic heterocycles. The van der Waals surface area contributed by atoms with E-state index in [1.807, 2.05) is 6.92 Å². The number of amides is 1. The number of thiazole rings is 1. The Morgan fingerprint density at radius 2 is 2.27 bits per heavy atom. The second-order valence-corrected chi connectivity index (χ2v) is 5.59. The first-order valence-corrected chi connectivity index (χ1v) is 7.61. The van der Waals surface area contributed by atoms with Gasteiger partial charge in [0.2, 0.25) is 0 Å². The van der Waals surface area contributed by atoms with Gasteiger partial charge in [-0.2, -0.15) is 0 Å². The van der Waals surface area contributed by atoms with Crippen molar-refractivity contribution in [3.8, 4) is 5.75 Å². The van der Waals surface area contributed by atoms with Crippen molar-refractivity contribution in [2.24, 2.45) is 0 Å². The van der Waals surface area contributed by atoms with E-state index in [-0.39, 0.29) is 18.6 Å². The van der Waals surface area contributed by atoms with Crippen LogP contribution in [-0.4, -0.2) is 35.8 Å². The number of benzene rings is 1. The largest absolute Gasteiger partial charge is 0.488 e. The number of hydrogen-bond acceptors (Lipinski definition) is 6. The number of methoxy groups -OCH3 is 1. The van der Waals surface area contributed by atoms with Crippen LogP contribution in [0.15, 0.2) is 29.8 Å². The highest BCUT2D eigenvalue weighted by Gasteiger charge is 2.12. The maximum atomic E-state index is 12.2. The summed E-state index contributed by atoms with van der Waals surface area (Å²) in [5, 5.41) is 14.3. The van der Waals surface area contributed by atoms with E-state index < -0.39 is 0 Å². The van der Waals surface area contributed by atoms with Gasteiger partial charge in [-0.25, -0.2) is 4.98 Å². The van der Waals surface area contributed by atoms with Crippen molar-refractivity contribution in [3.63, 3.8) is 0 Å². The van der Waals surface area contributed by atoms with Gasteiger partial charge in [0.15, 0.2) is 5.13 Å². The summed E-state index contributed by atoms with van der Waals surface area (Å²) in [4.78, 5) is 16.2. The van der Waals surface area contributed by atoms with Gasteiger partial charge < -0.3 is 14.6 Å². The first-order chi connectivity index (χ1) is 10.6. The molecule has 6 nitrogen and oxygen atoms in total. The predicted molar refractivity (Wildman–Crippen MR) is 84.4 cm³/mol. The molecule has 2 aromatic rings. The molecule has 1 amide bonds. The number of aliphatic hydroxyl groups excluding tert-OH is 1. The second-order valence-electron chi connectivity index (χ2n) is 4.70. The molecule has 0 bridgehead atoms. The fourth-order valence-corrected chi connectivity index (χ4v) is 2.43. The number of hydrogen-bond donors (Lipinski definition) is 2. The Morgan fingerprint density at radius 1 is 1.45 bits per heavy atom. The van der Waals surface area contributed by atoms with E-state index in [0.717, 1.165) is 0 Å². The molecule has 0 saturated heterocycles. The summed E-state index contributed by atoms with van der Waals surface area (Å²) in [6, 6.07) is 4.96. The van der Waals surface area contributed by atoms with Crippen LogP contribution in [0.1, 0.15) is 22.8 Å². The summed E-state index contributed by atoms with van der Waals surface area (Å²) in [6.07, 6.45) is 1.46. The van der Waals surface area contributed by atoms with Crippen LogP contribution in [0, 0.1) is 0 Å². The Balaban J connectivity index is 2.17. The third-order valence-electron chi connectivity index (χ3n) is 2.80. The highest BCUT2D eigenvalue weighted by Crippen LogP contribution is 2.20. The van der Waals surface area contributed by atoms with E-state index in [0.29, 0.717) is 28.6 Å². The van der Waals surface area contributed by atoms with Crippen molar-refractivity contribution in [2.75, 3.05) is 19.0 Å². The maximum Gasteiger partial charge on any atom is 0.257 e. The zero-order valence-electron chi connectivity index (χ0n) is 12.4. The summed E-state index contributed by atoms with van der Waals surface area (Å²) >= 11 is 1.34. The van der Waals surface area contributed by atoms with E-state index >= 15 is 0 Å². The average Bonchev–Trinajstić information content (AvgIpc) is 3.00. The highest BCUT2D eigenvalue weighted by atomic mass is 32.1. The van der Waals surface area contributed by atoms with E-state index in [1.54, 1.807) is 36.9 Å². The normalized spacial score (nSPS) is 12.0. The molecule has 2 N–H and O–H groups in total. The van der Waals surface area contributed by atoms with Gasteiger partial charge in [-0.3, -0.25) is 10.1 Å². The summed E-state index contributed by atoms with van der Waals surface area (Å²) < 4.78 is 10.7. The molecule has 2 rings (SSSR count). The van der Waals surface area contributed by atoms with E-state index in [2.05, 4.69) is 10.3 Å². The van der Waals surface area contributed by atoms with Crippen LogP contribution in [0.2, 0.25) is 0 Å². The molecule has 118 valence electrons. The lowest BCUT2D eigenvalue weighted by Gasteiger charge is -2.15. The SMILES string of the molecule is COC[C@H](C)Oc1cc(CO)cc(C(=O)Nc2nccs2)c1. The average molecular weight is 322 g/mol. The Hall–Kier alpha value is -1.96. The minimum absolute atomic E-state index is 0.159. The summed E-state index contributed by atoms with van der Waals surface area (Å²) in [5.74, 6) is 0.217. The van der Waals surface area contributed by atoms with E-state index in [1.165, 1.54) is 11.3 Å². The number of nitrogens with one attached hydrogen (secondary N) is 1. The van der Waals surface area contributed by atoms with Crippen molar-refractivity contribution < 1.29 is 19.4 Å². The summed E-state index contributed by atoms with van der Waals surface area (Å²) in [6.45, 7) is 2.13. The smallest absolute Gasteiger partial charge is 0.257 e.